The lowest BCUT2D eigenvalue weighted by Crippen LogP contribution is -2.36. The Labute approximate surface area is 112 Å². The highest BCUT2D eigenvalue weighted by Gasteiger charge is 2.14. The van der Waals surface area contributed by atoms with Crippen molar-refractivity contribution in [2.75, 3.05) is 0 Å². The topological polar surface area (TPSA) is 21.3 Å². The summed E-state index contributed by atoms with van der Waals surface area (Å²) in [6.07, 6.45) is 0.231. The SMILES string of the molecule is CC(C)NC(C)C(C)c1ccc(OC(C)C)cc1. The molecule has 0 amide bonds. The molecule has 0 saturated carbocycles. The van der Waals surface area contributed by atoms with E-state index in [1.165, 1.54) is 5.56 Å². The zero-order chi connectivity index (χ0) is 13.7. The third-order valence-corrected chi connectivity index (χ3v) is 3.12. The molecule has 0 spiro atoms. The molecule has 0 aliphatic rings. The highest BCUT2D eigenvalue weighted by Crippen LogP contribution is 2.22. The summed E-state index contributed by atoms with van der Waals surface area (Å²) >= 11 is 0. The third-order valence-electron chi connectivity index (χ3n) is 3.12. The minimum Gasteiger partial charge on any atom is -0.491 e. The van der Waals surface area contributed by atoms with E-state index in [9.17, 15) is 0 Å². The molecule has 0 aromatic heterocycles. The van der Waals surface area contributed by atoms with Crippen molar-refractivity contribution >= 4 is 0 Å². The van der Waals surface area contributed by atoms with Gasteiger partial charge in [-0.1, -0.05) is 32.9 Å². The van der Waals surface area contributed by atoms with Crippen LogP contribution in [0.5, 0.6) is 5.75 Å². The lowest BCUT2D eigenvalue weighted by Gasteiger charge is -2.24. The number of hydrogen-bond acceptors (Lipinski definition) is 2. The largest absolute Gasteiger partial charge is 0.491 e. The lowest BCUT2D eigenvalue weighted by atomic mass is 9.94. The zero-order valence-electron chi connectivity index (χ0n) is 12.5. The summed E-state index contributed by atoms with van der Waals surface area (Å²) in [5.41, 5.74) is 1.35. The molecule has 2 atom stereocenters. The van der Waals surface area contributed by atoms with Crippen molar-refractivity contribution in [3.63, 3.8) is 0 Å². The molecule has 2 nitrogen and oxygen atoms in total. The van der Waals surface area contributed by atoms with Gasteiger partial charge in [0.05, 0.1) is 6.10 Å². The van der Waals surface area contributed by atoms with Gasteiger partial charge in [-0.3, -0.25) is 0 Å². The number of rotatable bonds is 6. The van der Waals surface area contributed by atoms with Gasteiger partial charge in [-0.2, -0.15) is 0 Å². The number of benzene rings is 1. The lowest BCUT2D eigenvalue weighted by molar-refractivity contribution is 0.242. The van der Waals surface area contributed by atoms with E-state index >= 15 is 0 Å². The van der Waals surface area contributed by atoms with Gasteiger partial charge in [0, 0.05) is 12.1 Å². The van der Waals surface area contributed by atoms with Crippen molar-refractivity contribution in [1.29, 1.82) is 0 Å². The summed E-state index contributed by atoms with van der Waals surface area (Å²) in [6.45, 7) is 13.0. The van der Waals surface area contributed by atoms with Gasteiger partial charge in [0.2, 0.25) is 0 Å². The van der Waals surface area contributed by atoms with Gasteiger partial charge in [-0.15, -0.1) is 0 Å². The molecule has 0 heterocycles. The quantitative estimate of drug-likeness (QED) is 0.824. The Morgan fingerprint density at radius 2 is 1.44 bits per heavy atom. The maximum absolute atomic E-state index is 5.66. The molecule has 0 bridgehead atoms. The second-order valence-corrected chi connectivity index (χ2v) is 5.63. The van der Waals surface area contributed by atoms with Gasteiger partial charge < -0.3 is 10.1 Å². The molecule has 0 aliphatic carbocycles. The average Bonchev–Trinajstić information content (AvgIpc) is 2.27. The van der Waals surface area contributed by atoms with Crippen LogP contribution in [0.2, 0.25) is 0 Å². The van der Waals surface area contributed by atoms with Crippen LogP contribution in [0, 0.1) is 0 Å². The van der Waals surface area contributed by atoms with Gasteiger partial charge in [0.25, 0.3) is 0 Å². The van der Waals surface area contributed by atoms with E-state index in [1.807, 2.05) is 13.8 Å². The summed E-state index contributed by atoms with van der Waals surface area (Å²) in [7, 11) is 0. The summed E-state index contributed by atoms with van der Waals surface area (Å²) < 4.78 is 5.66. The van der Waals surface area contributed by atoms with Crippen LogP contribution < -0.4 is 10.1 Å². The van der Waals surface area contributed by atoms with Gasteiger partial charge in [-0.05, 0) is 44.4 Å². The first-order valence-corrected chi connectivity index (χ1v) is 6.92. The van der Waals surface area contributed by atoms with E-state index in [4.69, 9.17) is 4.74 Å². The molecule has 1 N–H and O–H groups in total. The first-order chi connectivity index (χ1) is 8.40. The van der Waals surface area contributed by atoms with Crippen molar-refractivity contribution in [1.82, 2.24) is 5.32 Å². The highest BCUT2D eigenvalue weighted by atomic mass is 16.5. The fourth-order valence-electron chi connectivity index (χ4n) is 2.08. The third kappa shape index (κ3) is 4.69. The van der Waals surface area contributed by atoms with E-state index in [0.29, 0.717) is 18.0 Å². The Morgan fingerprint density at radius 1 is 0.889 bits per heavy atom. The number of ether oxygens (including phenoxy) is 1. The van der Waals surface area contributed by atoms with Gasteiger partial charge in [0.1, 0.15) is 5.75 Å². The zero-order valence-corrected chi connectivity index (χ0v) is 12.5. The van der Waals surface area contributed by atoms with Crippen LogP contribution in [0.1, 0.15) is 53.0 Å². The van der Waals surface area contributed by atoms with Crippen LogP contribution in [0.4, 0.5) is 0 Å². The Hall–Kier alpha value is -1.02. The van der Waals surface area contributed by atoms with Gasteiger partial charge in [0.15, 0.2) is 0 Å². The highest BCUT2D eigenvalue weighted by molar-refractivity contribution is 5.30. The first kappa shape index (κ1) is 15.0. The van der Waals surface area contributed by atoms with E-state index in [2.05, 4.69) is 57.3 Å². The van der Waals surface area contributed by atoms with Crippen molar-refractivity contribution < 1.29 is 4.74 Å². The smallest absolute Gasteiger partial charge is 0.119 e. The minimum absolute atomic E-state index is 0.231. The van der Waals surface area contributed by atoms with Crippen LogP contribution in [0.15, 0.2) is 24.3 Å². The molecule has 102 valence electrons. The molecule has 1 rings (SSSR count). The Kier molecular flexibility index (Phi) is 5.67. The fourth-order valence-corrected chi connectivity index (χ4v) is 2.08. The summed E-state index contributed by atoms with van der Waals surface area (Å²) in [4.78, 5) is 0. The molecule has 2 heteroatoms. The van der Waals surface area contributed by atoms with E-state index < -0.39 is 0 Å². The van der Waals surface area contributed by atoms with Crippen molar-refractivity contribution in [3.05, 3.63) is 29.8 Å². The van der Waals surface area contributed by atoms with Crippen molar-refractivity contribution in [3.8, 4) is 5.75 Å². The predicted molar refractivity (Wildman–Crippen MR) is 78.4 cm³/mol. The van der Waals surface area contributed by atoms with Gasteiger partial charge in [-0.25, -0.2) is 0 Å². The van der Waals surface area contributed by atoms with Crippen LogP contribution in [0.25, 0.3) is 0 Å². The van der Waals surface area contributed by atoms with E-state index in [1.54, 1.807) is 0 Å². The Bertz CT molecular complexity index is 343. The van der Waals surface area contributed by atoms with Crippen LogP contribution >= 0.6 is 0 Å². The Balaban J connectivity index is 2.66. The summed E-state index contributed by atoms with van der Waals surface area (Å²) in [6, 6.07) is 9.46. The molecule has 1 aromatic rings. The van der Waals surface area contributed by atoms with Crippen LogP contribution in [0.3, 0.4) is 0 Å². The second kappa shape index (κ2) is 6.79. The normalized spacial score (nSPS) is 14.9. The summed E-state index contributed by atoms with van der Waals surface area (Å²) in [5, 5.41) is 3.56. The average molecular weight is 249 g/mol. The minimum atomic E-state index is 0.231. The first-order valence-electron chi connectivity index (χ1n) is 6.92. The number of hydrogen-bond donors (Lipinski definition) is 1. The molecule has 0 radical (unpaired) electrons. The molecule has 0 fully saturated rings. The monoisotopic (exact) mass is 249 g/mol. The Morgan fingerprint density at radius 3 is 1.89 bits per heavy atom. The summed E-state index contributed by atoms with van der Waals surface area (Å²) in [5.74, 6) is 1.45. The fraction of sp³-hybridized carbons (Fsp3) is 0.625. The van der Waals surface area contributed by atoms with Crippen LogP contribution in [-0.2, 0) is 0 Å². The molecular weight excluding hydrogens is 222 g/mol. The molecule has 0 aliphatic heterocycles. The van der Waals surface area contributed by atoms with E-state index in [0.717, 1.165) is 5.75 Å². The molecular formula is C16H27NO. The van der Waals surface area contributed by atoms with E-state index in [-0.39, 0.29) is 6.10 Å². The molecule has 18 heavy (non-hydrogen) atoms. The van der Waals surface area contributed by atoms with Crippen molar-refractivity contribution in [2.45, 2.75) is 65.6 Å². The van der Waals surface area contributed by atoms with Crippen molar-refractivity contribution in [2.24, 2.45) is 0 Å². The van der Waals surface area contributed by atoms with Gasteiger partial charge >= 0.3 is 0 Å². The molecule has 0 saturated heterocycles. The molecule has 1 aromatic carbocycles. The van der Waals surface area contributed by atoms with Crippen LogP contribution in [-0.4, -0.2) is 18.2 Å². The predicted octanol–water partition coefficient (Wildman–Crippen LogP) is 3.96. The molecule has 2 unspecified atom stereocenters. The standard InChI is InChI=1S/C16H27NO/c1-11(2)17-14(6)13(5)15-7-9-16(10-8-15)18-12(3)4/h7-14,17H,1-6H3. The second-order valence-electron chi connectivity index (χ2n) is 5.63. The number of nitrogens with one attached hydrogen (secondary N) is 1. The maximum atomic E-state index is 5.66. The maximum Gasteiger partial charge on any atom is 0.119 e.